The molecule has 1 atom stereocenters. The van der Waals surface area contributed by atoms with Crippen molar-refractivity contribution in [3.05, 3.63) is 29.8 Å². The van der Waals surface area contributed by atoms with E-state index in [0.717, 1.165) is 29.8 Å². The maximum absolute atomic E-state index is 11.9. The fourth-order valence-corrected chi connectivity index (χ4v) is 3.02. The highest BCUT2D eigenvalue weighted by Crippen LogP contribution is 2.27. The largest absolute Gasteiger partial charge is 0.411 e. The van der Waals surface area contributed by atoms with Crippen molar-refractivity contribution in [2.75, 3.05) is 11.1 Å². The quantitative estimate of drug-likeness (QED) is 0.501. The normalized spacial score (nSPS) is 19.8. The molecule has 1 amide bonds. The second-order valence-corrected chi connectivity index (χ2v) is 5.56. The Morgan fingerprint density at radius 3 is 2.72 bits per heavy atom. The molecule has 1 unspecified atom stereocenters. The van der Waals surface area contributed by atoms with Gasteiger partial charge in [0.1, 0.15) is 0 Å². The van der Waals surface area contributed by atoms with E-state index in [2.05, 4.69) is 10.5 Å². The number of oxime groups is 1. The van der Waals surface area contributed by atoms with Crippen LogP contribution in [0.1, 0.15) is 25.3 Å². The average Bonchev–Trinajstić information content (AvgIpc) is 2.92. The lowest BCUT2D eigenvalue weighted by Gasteiger charge is -2.10. The van der Waals surface area contributed by atoms with Crippen molar-refractivity contribution in [3.63, 3.8) is 0 Å². The molecule has 5 heteroatoms. The van der Waals surface area contributed by atoms with Gasteiger partial charge in [-0.3, -0.25) is 4.79 Å². The number of rotatable bonds is 3. The molecule has 1 saturated heterocycles. The summed E-state index contributed by atoms with van der Waals surface area (Å²) < 4.78 is 0. The van der Waals surface area contributed by atoms with E-state index in [0.29, 0.717) is 5.71 Å². The molecule has 2 N–H and O–H groups in total. The van der Waals surface area contributed by atoms with Crippen LogP contribution in [0.25, 0.3) is 0 Å². The van der Waals surface area contributed by atoms with Crippen LogP contribution in [0.4, 0.5) is 5.69 Å². The SMILES string of the molecule is CC(=NO)c1ccc(NC(=O)C2CCCS2)cc1. The van der Waals surface area contributed by atoms with Gasteiger partial charge in [0, 0.05) is 5.69 Å². The van der Waals surface area contributed by atoms with Crippen LogP contribution >= 0.6 is 11.8 Å². The Morgan fingerprint density at radius 2 is 2.17 bits per heavy atom. The molecule has 0 saturated carbocycles. The lowest BCUT2D eigenvalue weighted by Crippen LogP contribution is -2.22. The van der Waals surface area contributed by atoms with Crippen molar-refractivity contribution >= 4 is 29.1 Å². The van der Waals surface area contributed by atoms with Crippen molar-refractivity contribution in [2.24, 2.45) is 5.16 Å². The van der Waals surface area contributed by atoms with E-state index in [1.165, 1.54) is 0 Å². The monoisotopic (exact) mass is 264 g/mol. The van der Waals surface area contributed by atoms with Gasteiger partial charge in [-0.1, -0.05) is 17.3 Å². The van der Waals surface area contributed by atoms with Gasteiger partial charge in [-0.25, -0.2) is 0 Å². The molecule has 1 aliphatic heterocycles. The highest BCUT2D eigenvalue weighted by molar-refractivity contribution is 8.00. The molecular formula is C13H16N2O2S. The van der Waals surface area contributed by atoms with Crippen molar-refractivity contribution in [3.8, 4) is 0 Å². The number of amides is 1. The Bertz CT molecular complexity index is 451. The highest BCUT2D eigenvalue weighted by atomic mass is 32.2. The molecule has 4 nitrogen and oxygen atoms in total. The predicted molar refractivity (Wildman–Crippen MR) is 74.5 cm³/mol. The average molecular weight is 264 g/mol. The molecule has 1 aromatic rings. The van der Waals surface area contributed by atoms with Gasteiger partial charge in [-0.2, -0.15) is 0 Å². The van der Waals surface area contributed by atoms with Crippen LogP contribution in [0.5, 0.6) is 0 Å². The molecular weight excluding hydrogens is 248 g/mol. The van der Waals surface area contributed by atoms with Crippen molar-refractivity contribution in [1.29, 1.82) is 0 Å². The Labute approximate surface area is 110 Å². The number of anilines is 1. The van der Waals surface area contributed by atoms with Gasteiger partial charge in [0.15, 0.2) is 0 Å². The number of benzene rings is 1. The number of nitrogens with zero attached hydrogens (tertiary/aromatic N) is 1. The number of hydrogen-bond acceptors (Lipinski definition) is 4. The summed E-state index contributed by atoms with van der Waals surface area (Å²) in [4.78, 5) is 11.9. The van der Waals surface area contributed by atoms with Crippen LogP contribution in [0.3, 0.4) is 0 Å². The lowest BCUT2D eigenvalue weighted by atomic mass is 10.1. The first-order valence-electron chi connectivity index (χ1n) is 5.92. The molecule has 0 bridgehead atoms. The summed E-state index contributed by atoms with van der Waals surface area (Å²) >= 11 is 1.72. The minimum atomic E-state index is 0.0813. The summed E-state index contributed by atoms with van der Waals surface area (Å²) in [5.74, 6) is 1.15. The summed E-state index contributed by atoms with van der Waals surface area (Å²) in [5.41, 5.74) is 2.17. The second-order valence-electron chi connectivity index (χ2n) is 4.25. The molecule has 1 fully saturated rings. The first kappa shape index (κ1) is 13.0. The van der Waals surface area contributed by atoms with Crippen LogP contribution in [-0.4, -0.2) is 27.8 Å². The first-order valence-corrected chi connectivity index (χ1v) is 6.97. The third-order valence-corrected chi connectivity index (χ3v) is 4.32. The fourth-order valence-electron chi connectivity index (χ4n) is 1.86. The fraction of sp³-hybridized carbons (Fsp3) is 0.385. The van der Waals surface area contributed by atoms with Crippen LogP contribution < -0.4 is 5.32 Å². The van der Waals surface area contributed by atoms with Crippen molar-refractivity contribution < 1.29 is 10.0 Å². The smallest absolute Gasteiger partial charge is 0.237 e. The molecule has 1 heterocycles. The number of carbonyl (C=O) groups is 1. The van der Waals surface area contributed by atoms with E-state index in [4.69, 9.17) is 5.21 Å². The molecule has 0 spiro atoms. The minimum absolute atomic E-state index is 0.0813. The van der Waals surface area contributed by atoms with Crippen LogP contribution in [0, 0.1) is 0 Å². The van der Waals surface area contributed by atoms with Gasteiger partial charge < -0.3 is 10.5 Å². The van der Waals surface area contributed by atoms with Crippen LogP contribution in [0.15, 0.2) is 29.4 Å². The molecule has 18 heavy (non-hydrogen) atoms. The van der Waals surface area contributed by atoms with Gasteiger partial charge in [-0.15, -0.1) is 11.8 Å². The zero-order valence-electron chi connectivity index (χ0n) is 10.2. The first-order chi connectivity index (χ1) is 8.70. The Balaban J connectivity index is 1.99. The van der Waals surface area contributed by atoms with E-state index in [-0.39, 0.29) is 11.2 Å². The molecule has 0 aliphatic carbocycles. The zero-order valence-corrected chi connectivity index (χ0v) is 11.0. The van der Waals surface area contributed by atoms with E-state index in [1.54, 1.807) is 18.7 Å². The number of nitrogens with one attached hydrogen (secondary N) is 1. The predicted octanol–water partition coefficient (Wildman–Crippen LogP) is 2.72. The minimum Gasteiger partial charge on any atom is -0.411 e. The third-order valence-electron chi connectivity index (χ3n) is 2.94. The summed E-state index contributed by atoms with van der Waals surface area (Å²) in [6, 6.07) is 7.29. The zero-order chi connectivity index (χ0) is 13.0. The van der Waals surface area contributed by atoms with Gasteiger partial charge in [-0.05, 0) is 43.2 Å². The van der Waals surface area contributed by atoms with E-state index in [9.17, 15) is 4.79 Å². The maximum atomic E-state index is 11.9. The Morgan fingerprint density at radius 1 is 1.44 bits per heavy atom. The van der Waals surface area contributed by atoms with Gasteiger partial charge in [0.2, 0.25) is 5.91 Å². The Hall–Kier alpha value is -1.49. The van der Waals surface area contributed by atoms with Gasteiger partial charge in [0.25, 0.3) is 0 Å². The van der Waals surface area contributed by atoms with Gasteiger partial charge >= 0.3 is 0 Å². The Kier molecular flexibility index (Phi) is 4.25. The number of carbonyl (C=O) groups excluding carboxylic acids is 1. The molecule has 0 aromatic heterocycles. The van der Waals surface area contributed by atoms with Gasteiger partial charge in [0.05, 0.1) is 11.0 Å². The van der Waals surface area contributed by atoms with Crippen molar-refractivity contribution in [2.45, 2.75) is 25.0 Å². The molecule has 96 valence electrons. The summed E-state index contributed by atoms with van der Waals surface area (Å²) in [6.45, 7) is 1.72. The summed E-state index contributed by atoms with van der Waals surface area (Å²) in [7, 11) is 0. The van der Waals surface area contributed by atoms with Crippen LogP contribution in [-0.2, 0) is 4.79 Å². The maximum Gasteiger partial charge on any atom is 0.237 e. The second kappa shape index (κ2) is 5.91. The van der Waals surface area contributed by atoms with Crippen molar-refractivity contribution in [1.82, 2.24) is 0 Å². The number of hydrogen-bond donors (Lipinski definition) is 2. The topological polar surface area (TPSA) is 61.7 Å². The molecule has 1 aliphatic rings. The van der Waals surface area contributed by atoms with Crippen LogP contribution in [0.2, 0.25) is 0 Å². The summed E-state index contributed by atoms with van der Waals surface area (Å²) in [6.07, 6.45) is 2.08. The molecule has 0 radical (unpaired) electrons. The van der Waals surface area contributed by atoms with E-state index >= 15 is 0 Å². The van der Waals surface area contributed by atoms with E-state index < -0.39 is 0 Å². The van der Waals surface area contributed by atoms with E-state index in [1.807, 2.05) is 24.3 Å². The molecule has 1 aromatic carbocycles. The standard InChI is InChI=1S/C13H16N2O2S/c1-9(15-17)10-4-6-11(7-5-10)14-13(16)12-3-2-8-18-12/h4-7,12,17H,2-3,8H2,1H3,(H,14,16). The number of thioether (sulfide) groups is 1. The lowest BCUT2D eigenvalue weighted by molar-refractivity contribution is -0.115. The summed E-state index contributed by atoms with van der Waals surface area (Å²) in [5, 5.41) is 14.8. The third kappa shape index (κ3) is 3.04. The molecule has 2 rings (SSSR count). The highest BCUT2D eigenvalue weighted by Gasteiger charge is 2.23.